The standard InChI is InChI=1S/C27H23ClFN3O7/c1-27-16(23(35)31(25(27)37)11-2-6-18(29)17(28)8-11)9-15-13(21(27)19-7-3-12(10-33)39-19)4-5-14-20(15)24(36)32(22(14)34)26(30)38/h2-4,6-8,14-16,20-21,33H,5,9-10H2,1H3,(H2,30,38). The van der Waals surface area contributed by atoms with E-state index in [1.54, 1.807) is 25.1 Å². The minimum absolute atomic E-state index is 0.0508. The van der Waals surface area contributed by atoms with E-state index in [1.165, 1.54) is 12.1 Å². The fourth-order valence-corrected chi connectivity index (χ4v) is 7.21. The summed E-state index contributed by atoms with van der Waals surface area (Å²) in [4.78, 5) is 67.7. The van der Waals surface area contributed by atoms with Crippen LogP contribution in [0.4, 0.5) is 14.9 Å². The average molecular weight is 556 g/mol. The van der Waals surface area contributed by atoms with E-state index < -0.39 is 77.1 Å². The smallest absolute Gasteiger partial charge is 0.328 e. The molecule has 0 bridgehead atoms. The van der Waals surface area contributed by atoms with Crippen LogP contribution in [-0.2, 0) is 25.8 Å². The molecule has 1 saturated carbocycles. The summed E-state index contributed by atoms with van der Waals surface area (Å²) < 4.78 is 19.8. The summed E-state index contributed by atoms with van der Waals surface area (Å²) in [6.45, 7) is 1.25. The van der Waals surface area contributed by atoms with Crippen LogP contribution in [0, 0.1) is 34.9 Å². The van der Waals surface area contributed by atoms with Gasteiger partial charge in [-0.2, -0.15) is 4.90 Å². The predicted octanol–water partition coefficient (Wildman–Crippen LogP) is 2.87. The molecule has 39 heavy (non-hydrogen) atoms. The molecular formula is C27H23ClFN3O7. The van der Waals surface area contributed by atoms with Crippen LogP contribution >= 0.6 is 11.6 Å². The zero-order valence-corrected chi connectivity index (χ0v) is 21.4. The lowest BCUT2D eigenvalue weighted by atomic mass is 9.52. The number of urea groups is 1. The van der Waals surface area contributed by atoms with Crippen molar-refractivity contribution in [1.82, 2.24) is 4.90 Å². The van der Waals surface area contributed by atoms with Gasteiger partial charge in [-0.3, -0.25) is 19.2 Å². The van der Waals surface area contributed by atoms with Gasteiger partial charge in [0, 0.05) is 0 Å². The summed E-state index contributed by atoms with van der Waals surface area (Å²) in [7, 11) is 0. The number of nitrogens with zero attached hydrogens (tertiary/aromatic N) is 2. The highest BCUT2D eigenvalue weighted by Gasteiger charge is 2.68. The molecule has 0 radical (unpaired) electrons. The van der Waals surface area contributed by atoms with Gasteiger partial charge in [-0.15, -0.1) is 0 Å². The van der Waals surface area contributed by atoms with Crippen LogP contribution < -0.4 is 10.6 Å². The van der Waals surface area contributed by atoms with Crippen molar-refractivity contribution in [2.24, 2.45) is 34.8 Å². The van der Waals surface area contributed by atoms with Crippen LogP contribution in [0.15, 0.2) is 46.4 Å². The number of anilines is 1. The number of benzene rings is 1. The second-order valence-corrected chi connectivity index (χ2v) is 11.0. The first-order chi connectivity index (χ1) is 18.5. The van der Waals surface area contributed by atoms with Gasteiger partial charge < -0.3 is 15.3 Å². The molecule has 6 unspecified atom stereocenters. The molecule has 2 aliphatic carbocycles. The fraction of sp³-hybridized carbons (Fsp3) is 0.370. The van der Waals surface area contributed by atoms with E-state index in [-0.39, 0.29) is 29.3 Å². The quantitative estimate of drug-likeness (QED) is 0.436. The first-order valence-electron chi connectivity index (χ1n) is 12.4. The number of primary amides is 1. The maximum atomic E-state index is 14.1. The number of rotatable bonds is 3. The summed E-state index contributed by atoms with van der Waals surface area (Å²) in [5, 5.41) is 9.36. The Morgan fingerprint density at radius 3 is 2.54 bits per heavy atom. The Hall–Kier alpha value is -3.83. The van der Waals surface area contributed by atoms with Crippen molar-refractivity contribution in [3.8, 4) is 0 Å². The molecule has 10 nitrogen and oxygen atoms in total. The van der Waals surface area contributed by atoms with E-state index in [2.05, 4.69) is 0 Å². The van der Waals surface area contributed by atoms with Crippen molar-refractivity contribution >= 4 is 46.9 Å². The van der Waals surface area contributed by atoms with Gasteiger partial charge in [0.1, 0.15) is 23.9 Å². The number of nitrogens with two attached hydrogens (primary N) is 1. The van der Waals surface area contributed by atoms with Crippen LogP contribution in [0.25, 0.3) is 0 Å². The van der Waals surface area contributed by atoms with Gasteiger partial charge in [0.15, 0.2) is 0 Å². The molecule has 3 fully saturated rings. The van der Waals surface area contributed by atoms with Gasteiger partial charge in [0.25, 0.3) is 0 Å². The fourth-order valence-electron chi connectivity index (χ4n) is 7.04. The number of carbonyl (C=O) groups is 5. The number of hydrogen-bond acceptors (Lipinski definition) is 7. The first kappa shape index (κ1) is 25.4. The van der Waals surface area contributed by atoms with Gasteiger partial charge >= 0.3 is 6.03 Å². The Morgan fingerprint density at radius 1 is 1.15 bits per heavy atom. The highest BCUT2D eigenvalue weighted by Crippen LogP contribution is 2.63. The highest BCUT2D eigenvalue weighted by molar-refractivity contribution is 6.31. The Morgan fingerprint density at radius 2 is 1.90 bits per heavy atom. The number of likely N-dealkylation sites (tertiary alicyclic amines) is 1. The molecule has 2 saturated heterocycles. The summed E-state index contributed by atoms with van der Waals surface area (Å²) in [5.41, 5.74) is 4.69. The third-order valence-corrected chi connectivity index (χ3v) is 9.07. The Labute approximate surface area is 226 Å². The molecule has 1 aromatic carbocycles. The molecule has 6 atom stereocenters. The minimum atomic E-state index is -1.38. The van der Waals surface area contributed by atoms with E-state index in [0.717, 1.165) is 11.0 Å². The third-order valence-electron chi connectivity index (χ3n) is 8.78. The number of aliphatic hydroxyl groups excluding tert-OH is 1. The van der Waals surface area contributed by atoms with Crippen LogP contribution in [0.1, 0.15) is 37.2 Å². The van der Waals surface area contributed by atoms with Crippen molar-refractivity contribution in [3.63, 3.8) is 0 Å². The number of carbonyl (C=O) groups excluding carboxylic acids is 5. The molecule has 1 aromatic heterocycles. The highest BCUT2D eigenvalue weighted by atomic mass is 35.5. The summed E-state index contributed by atoms with van der Waals surface area (Å²) in [6, 6.07) is 5.56. The normalized spacial score (nSPS) is 31.8. The maximum absolute atomic E-state index is 14.1. The van der Waals surface area contributed by atoms with Gasteiger partial charge in [-0.25, -0.2) is 14.1 Å². The number of allylic oxidation sites excluding steroid dienone is 2. The van der Waals surface area contributed by atoms with Crippen molar-refractivity contribution in [3.05, 3.63) is 64.3 Å². The van der Waals surface area contributed by atoms with E-state index in [0.29, 0.717) is 16.2 Å². The van der Waals surface area contributed by atoms with Crippen LogP contribution in [-0.4, -0.2) is 39.7 Å². The van der Waals surface area contributed by atoms with E-state index >= 15 is 0 Å². The average Bonchev–Trinajstić information content (AvgIpc) is 3.52. The predicted molar refractivity (Wildman–Crippen MR) is 132 cm³/mol. The molecule has 6 rings (SSSR count). The van der Waals surface area contributed by atoms with Crippen molar-refractivity contribution in [2.75, 3.05) is 4.90 Å². The lowest BCUT2D eigenvalue weighted by Crippen LogP contribution is -2.49. The van der Waals surface area contributed by atoms with Crippen LogP contribution in [0.3, 0.4) is 0 Å². The number of imide groups is 4. The molecule has 12 heteroatoms. The number of hydrogen-bond donors (Lipinski definition) is 2. The summed E-state index contributed by atoms with van der Waals surface area (Å²) in [5.74, 6) is -6.90. The molecule has 4 aliphatic rings. The molecule has 6 amide bonds. The lowest BCUT2D eigenvalue weighted by Gasteiger charge is -2.48. The van der Waals surface area contributed by atoms with E-state index in [9.17, 15) is 33.5 Å². The Kier molecular flexibility index (Phi) is 5.60. The van der Waals surface area contributed by atoms with Crippen molar-refractivity contribution in [1.29, 1.82) is 0 Å². The summed E-state index contributed by atoms with van der Waals surface area (Å²) >= 11 is 5.96. The monoisotopic (exact) mass is 555 g/mol. The lowest BCUT2D eigenvalue weighted by molar-refractivity contribution is -0.136. The number of furan rings is 1. The molecule has 2 aliphatic heterocycles. The SMILES string of the molecule is CC12C(=O)N(c3ccc(F)c(Cl)c3)C(=O)C1CC1C(=CCC3C(=O)N(C(N)=O)C(=O)C31)C2c1ccc(CO)o1. The number of amides is 6. The molecule has 3 heterocycles. The Bertz CT molecular complexity index is 1520. The third kappa shape index (κ3) is 3.32. The van der Waals surface area contributed by atoms with Gasteiger partial charge in [0.2, 0.25) is 23.6 Å². The minimum Gasteiger partial charge on any atom is -0.463 e. The van der Waals surface area contributed by atoms with E-state index in [4.69, 9.17) is 21.8 Å². The second kappa shape index (κ2) is 8.59. The summed E-state index contributed by atoms with van der Waals surface area (Å²) in [6.07, 6.45) is 1.97. The van der Waals surface area contributed by atoms with Crippen molar-refractivity contribution < 1.29 is 37.9 Å². The number of aliphatic hydroxyl groups is 1. The zero-order chi connectivity index (χ0) is 28.0. The van der Waals surface area contributed by atoms with Crippen LogP contribution in [0.2, 0.25) is 5.02 Å². The second-order valence-electron chi connectivity index (χ2n) is 10.6. The molecular weight excluding hydrogens is 533 g/mol. The molecule has 2 aromatic rings. The number of halogens is 2. The molecule has 3 N–H and O–H groups in total. The van der Waals surface area contributed by atoms with Crippen LogP contribution in [0.5, 0.6) is 0 Å². The molecule has 202 valence electrons. The topological polar surface area (TPSA) is 151 Å². The number of fused-ring (bicyclic) bond motifs is 4. The maximum Gasteiger partial charge on any atom is 0.328 e. The largest absolute Gasteiger partial charge is 0.463 e. The van der Waals surface area contributed by atoms with Crippen molar-refractivity contribution in [2.45, 2.75) is 32.3 Å². The van der Waals surface area contributed by atoms with Gasteiger partial charge in [0.05, 0.1) is 39.8 Å². The Balaban J connectivity index is 1.51. The van der Waals surface area contributed by atoms with Gasteiger partial charge in [-0.05, 0) is 56.0 Å². The molecule has 0 spiro atoms. The van der Waals surface area contributed by atoms with Gasteiger partial charge in [-0.1, -0.05) is 23.3 Å². The van der Waals surface area contributed by atoms with E-state index in [1.807, 2.05) is 0 Å². The first-order valence-corrected chi connectivity index (χ1v) is 12.8. The zero-order valence-electron chi connectivity index (χ0n) is 20.6.